The molecule has 4 rings (SSSR count). The predicted molar refractivity (Wildman–Crippen MR) is 188 cm³/mol. The van der Waals surface area contributed by atoms with E-state index < -0.39 is 29.8 Å². The maximum absolute atomic E-state index is 13.9. The molecule has 0 saturated carbocycles. The van der Waals surface area contributed by atoms with Gasteiger partial charge in [0, 0.05) is 36.0 Å². The number of hydrogen-bond donors (Lipinski definition) is 1. The van der Waals surface area contributed by atoms with Gasteiger partial charge in [-0.2, -0.15) is 0 Å². The lowest BCUT2D eigenvalue weighted by Gasteiger charge is -2.44. The molecule has 3 aromatic carbocycles. The van der Waals surface area contributed by atoms with Gasteiger partial charge in [-0.1, -0.05) is 101 Å². The molecule has 0 aliphatic heterocycles. The SMILES string of the molecule is Cc1cc([C@@H](C)N[S@+]([O-])C(C)(C)C)c2nc(C(C)(C)CO[Si](c3ccccc3)(c3ccccc3)C(C)(C)C)n(C)c(=O)c2c1. The van der Waals surface area contributed by atoms with Crippen LogP contribution < -0.4 is 20.7 Å². The van der Waals surface area contributed by atoms with Crippen molar-refractivity contribution in [3.8, 4) is 0 Å². The number of rotatable bonds is 9. The molecule has 0 bridgehead atoms. The fourth-order valence-corrected chi connectivity index (χ4v) is 11.5. The van der Waals surface area contributed by atoms with Crippen LogP contribution in [-0.2, 0) is 28.3 Å². The number of benzene rings is 3. The molecule has 236 valence electrons. The van der Waals surface area contributed by atoms with Crippen molar-refractivity contribution in [1.82, 2.24) is 14.3 Å². The Balaban J connectivity index is 1.84. The van der Waals surface area contributed by atoms with Gasteiger partial charge in [0.25, 0.3) is 13.9 Å². The van der Waals surface area contributed by atoms with Gasteiger partial charge >= 0.3 is 0 Å². The standard InChI is InChI=1S/C36H49N3O3SSi/c1-25-22-29(26(2)38-43(41)34(3,4)5)31-30(23-25)32(40)39(11)33(37-31)36(9,10)24-42-44(35(6,7)8,27-18-14-12-15-19-27)28-20-16-13-17-21-28/h12-23,26,38H,24H2,1-11H3/t26-,43-/m1/s1. The zero-order chi connectivity index (χ0) is 32.7. The summed E-state index contributed by atoms with van der Waals surface area (Å²) in [6.45, 7) is 21.1. The van der Waals surface area contributed by atoms with Gasteiger partial charge < -0.3 is 8.98 Å². The molecule has 2 atom stereocenters. The van der Waals surface area contributed by atoms with Crippen LogP contribution in [0.25, 0.3) is 10.9 Å². The molecule has 1 aromatic heterocycles. The average Bonchev–Trinajstić information content (AvgIpc) is 2.95. The molecular formula is C36H49N3O3SSi. The molecule has 44 heavy (non-hydrogen) atoms. The van der Waals surface area contributed by atoms with Crippen molar-refractivity contribution in [2.75, 3.05) is 6.61 Å². The van der Waals surface area contributed by atoms with E-state index in [1.54, 1.807) is 11.6 Å². The van der Waals surface area contributed by atoms with Crippen molar-refractivity contribution in [2.24, 2.45) is 7.05 Å². The summed E-state index contributed by atoms with van der Waals surface area (Å²) >= 11 is -1.28. The summed E-state index contributed by atoms with van der Waals surface area (Å²) in [5.41, 5.74) is 1.75. The van der Waals surface area contributed by atoms with Gasteiger partial charge in [-0.05, 0) is 61.7 Å². The number of nitrogens with one attached hydrogen (secondary N) is 1. The first kappa shape index (κ1) is 34.1. The number of aromatic nitrogens is 2. The number of fused-ring (bicyclic) bond motifs is 1. The highest BCUT2D eigenvalue weighted by Gasteiger charge is 2.51. The van der Waals surface area contributed by atoms with Gasteiger partial charge in [0.1, 0.15) is 10.6 Å². The molecule has 0 spiro atoms. The first-order chi connectivity index (χ1) is 20.4. The van der Waals surface area contributed by atoms with E-state index in [0.717, 1.165) is 11.1 Å². The summed E-state index contributed by atoms with van der Waals surface area (Å²) in [6, 6.07) is 24.8. The molecule has 1 N–H and O–H groups in total. The Bertz CT molecular complexity index is 1620. The van der Waals surface area contributed by atoms with Crippen LogP contribution in [0.3, 0.4) is 0 Å². The van der Waals surface area contributed by atoms with E-state index >= 15 is 0 Å². The fourth-order valence-electron chi connectivity index (χ4n) is 6.00. The van der Waals surface area contributed by atoms with Crippen LogP contribution in [0.1, 0.15) is 85.3 Å². The van der Waals surface area contributed by atoms with Gasteiger partial charge in [0.05, 0.1) is 16.9 Å². The molecule has 0 amide bonds. The number of aryl methyl sites for hydroxylation is 1. The smallest absolute Gasteiger partial charge is 0.261 e. The Hall–Kier alpha value is -2.75. The molecular weight excluding hydrogens is 583 g/mol. The van der Waals surface area contributed by atoms with E-state index in [9.17, 15) is 9.35 Å². The molecule has 0 saturated heterocycles. The lowest BCUT2D eigenvalue weighted by Crippen LogP contribution is -2.67. The first-order valence-corrected chi connectivity index (χ1v) is 18.4. The van der Waals surface area contributed by atoms with Crippen LogP contribution >= 0.6 is 0 Å². The van der Waals surface area contributed by atoms with E-state index in [2.05, 4.69) is 87.9 Å². The van der Waals surface area contributed by atoms with E-state index in [1.165, 1.54) is 10.4 Å². The van der Waals surface area contributed by atoms with Crippen molar-refractivity contribution in [3.05, 3.63) is 100 Å². The second-order valence-electron chi connectivity index (χ2n) is 14.6. The maximum atomic E-state index is 13.9. The zero-order valence-electron chi connectivity index (χ0n) is 28.2. The van der Waals surface area contributed by atoms with Gasteiger partial charge in [-0.15, -0.1) is 4.72 Å². The van der Waals surface area contributed by atoms with Crippen LogP contribution in [0.4, 0.5) is 0 Å². The van der Waals surface area contributed by atoms with Gasteiger partial charge in [-0.25, -0.2) is 4.98 Å². The fraction of sp³-hybridized carbons (Fsp3) is 0.444. The average molecular weight is 632 g/mol. The Morgan fingerprint density at radius 3 is 1.93 bits per heavy atom. The monoisotopic (exact) mass is 631 g/mol. The molecule has 0 aliphatic carbocycles. The van der Waals surface area contributed by atoms with E-state index in [1.807, 2.05) is 58.9 Å². The maximum Gasteiger partial charge on any atom is 0.261 e. The third-order valence-corrected chi connectivity index (χ3v) is 15.0. The Morgan fingerprint density at radius 1 is 0.932 bits per heavy atom. The van der Waals surface area contributed by atoms with Crippen LogP contribution in [0.2, 0.25) is 5.04 Å². The van der Waals surface area contributed by atoms with Gasteiger partial charge in [0.2, 0.25) is 0 Å². The van der Waals surface area contributed by atoms with Crippen molar-refractivity contribution in [3.63, 3.8) is 0 Å². The van der Waals surface area contributed by atoms with Crippen molar-refractivity contribution >= 4 is 41.0 Å². The number of nitrogens with zero attached hydrogens (tertiary/aromatic N) is 2. The van der Waals surface area contributed by atoms with Crippen molar-refractivity contribution < 1.29 is 8.98 Å². The number of hydrogen-bond acceptors (Lipinski definition) is 5. The molecule has 6 nitrogen and oxygen atoms in total. The highest BCUT2D eigenvalue weighted by atomic mass is 32.2. The highest BCUT2D eigenvalue weighted by Crippen LogP contribution is 2.38. The third-order valence-electron chi connectivity index (χ3n) is 8.33. The largest absolute Gasteiger partial charge is 0.598 e. The van der Waals surface area contributed by atoms with Gasteiger partial charge in [-0.3, -0.25) is 9.36 Å². The van der Waals surface area contributed by atoms with Crippen molar-refractivity contribution in [1.29, 1.82) is 0 Å². The molecule has 1 heterocycles. The van der Waals surface area contributed by atoms with Crippen LogP contribution in [0, 0.1) is 6.92 Å². The first-order valence-electron chi connectivity index (χ1n) is 15.3. The van der Waals surface area contributed by atoms with Gasteiger partial charge in [0.15, 0.2) is 0 Å². The molecule has 8 heteroatoms. The molecule has 0 radical (unpaired) electrons. The van der Waals surface area contributed by atoms with E-state index in [-0.39, 0.29) is 16.6 Å². The molecule has 4 aromatic rings. The molecule has 0 aliphatic rings. The second kappa shape index (κ2) is 12.6. The second-order valence-corrected chi connectivity index (χ2v) is 20.9. The minimum absolute atomic E-state index is 0.0994. The lowest BCUT2D eigenvalue weighted by molar-refractivity contribution is 0.216. The van der Waals surface area contributed by atoms with Crippen molar-refractivity contribution in [2.45, 2.75) is 90.5 Å². The summed E-state index contributed by atoms with van der Waals surface area (Å²) in [7, 11) is -1.01. The van der Waals surface area contributed by atoms with E-state index in [0.29, 0.717) is 23.3 Å². The highest BCUT2D eigenvalue weighted by molar-refractivity contribution is 7.90. The minimum atomic E-state index is -2.81. The lowest BCUT2D eigenvalue weighted by atomic mass is 9.92. The summed E-state index contributed by atoms with van der Waals surface area (Å²) in [5, 5.41) is 2.80. The summed E-state index contributed by atoms with van der Waals surface area (Å²) in [5.74, 6) is 0.655. The molecule has 0 fully saturated rings. The van der Waals surface area contributed by atoms with Crippen LogP contribution in [-0.4, -0.2) is 33.8 Å². The Kier molecular flexibility index (Phi) is 9.74. The Morgan fingerprint density at radius 2 is 1.45 bits per heavy atom. The van der Waals surface area contributed by atoms with Crippen LogP contribution in [0.15, 0.2) is 77.6 Å². The topological polar surface area (TPSA) is 79.2 Å². The predicted octanol–water partition coefficient (Wildman–Crippen LogP) is 6.21. The third kappa shape index (κ3) is 6.60. The minimum Gasteiger partial charge on any atom is -0.598 e. The summed E-state index contributed by atoms with van der Waals surface area (Å²) in [6.07, 6.45) is 0. The summed E-state index contributed by atoms with van der Waals surface area (Å²) in [4.78, 5) is 19.1. The quantitative estimate of drug-likeness (QED) is 0.176. The normalized spacial score (nSPS) is 14.5. The summed E-state index contributed by atoms with van der Waals surface area (Å²) < 4.78 is 24.8. The Labute approximate surface area is 267 Å². The van der Waals surface area contributed by atoms with E-state index in [4.69, 9.17) is 9.41 Å². The molecule has 0 unspecified atom stereocenters. The zero-order valence-corrected chi connectivity index (χ0v) is 30.1. The van der Waals surface area contributed by atoms with Crippen LogP contribution in [0.5, 0.6) is 0 Å².